The van der Waals surface area contributed by atoms with Gasteiger partial charge in [-0.15, -0.1) is 0 Å². The number of rotatable bonds is 2. The third-order valence-corrected chi connectivity index (χ3v) is 1.48. The number of hydrogen-bond acceptors (Lipinski definition) is 4. The highest BCUT2D eigenvalue weighted by Gasteiger charge is 2.12. The lowest BCUT2D eigenvalue weighted by Crippen LogP contribution is -2.17. The summed E-state index contributed by atoms with van der Waals surface area (Å²) in [6, 6.07) is 1.25. The number of carbonyl (C=O) groups is 1. The van der Waals surface area contributed by atoms with E-state index in [9.17, 15) is 9.59 Å². The van der Waals surface area contributed by atoms with E-state index in [0.717, 1.165) is 0 Å². The molecule has 0 saturated heterocycles. The van der Waals surface area contributed by atoms with Gasteiger partial charge in [0.2, 0.25) is 5.43 Å². The molecule has 0 aliphatic rings. The Morgan fingerprint density at radius 1 is 1.69 bits per heavy atom. The molecule has 0 aromatic carbocycles. The Balaban J connectivity index is 3.08. The van der Waals surface area contributed by atoms with E-state index in [1.165, 1.54) is 12.3 Å². The predicted molar refractivity (Wildman–Crippen MR) is 47.4 cm³/mol. The summed E-state index contributed by atoms with van der Waals surface area (Å²) < 4.78 is 4.67. The van der Waals surface area contributed by atoms with Crippen molar-refractivity contribution >= 4 is 11.7 Å². The van der Waals surface area contributed by atoms with E-state index in [1.54, 1.807) is 6.92 Å². The summed E-state index contributed by atoms with van der Waals surface area (Å²) >= 11 is 0. The van der Waals surface area contributed by atoms with Gasteiger partial charge in [0.15, 0.2) is 5.69 Å². The third kappa shape index (κ3) is 1.87. The quantitative estimate of drug-likeness (QED) is 0.637. The monoisotopic (exact) mass is 182 g/mol. The number of pyridine rings is 1. The van der Waals surface area contributed by atoms with Crippen LogP contribution in [0.3, 0.4) is 0 Å². The fraction of sp³-hybridized carbons (Fsp3) is 0.250. The van der Waals surface area contributed by atoms with Gasteiger partial charge in [-0.05, 0) is 6.92 Å². The van der Waals surface area contributed by atoms with E-state index in [4.69, 9.17) is 5.73 Å². The number of H-pyrrole nitrogens is 1. The fourth-order valence-electron chi connectivity index (χ4n) is 0.864. The molecule has 0 bridgehead atoms. The zero-order valence-electron chi connectivity index (χ0n) is 7.16. The van der Waals surface area contributed by atoms with Crippen LogP contribution in [0.1, 0.15) is 17.4 Å². The van der Waals surface area contributed by atoms with Crippen LogP contribution in [0.15, 0.2) is 17.1 Å². The number of anilines is 1. The van der Waals surface area contributed by atoms with Crippen molar-refractivity contribution in [1.82, 2.24) is 4.98 Å². The van der Waals surface area contributed by atoms with Crippen molar-refractivity contribution in [3.05, 3.63) is 28.2 Å². The number of nitrogen functional groups attached to an aromatic ring is 1. The van der Waals surface area contributed by atoms with Crippen LogP contribution in [-0.4, -0.2) is 17.6 Å². The van der Waals surface area contributed by atoms with E-state index in [1.807, 2.05) is 0 Å². The number of carbonyl (C=O) groups excluding carboxylic acids is 1. The number of esters is 1. The van der Waals surface area contributed by atoms with Crippen LogP contribution in [-0.2, 0) is 4.74 Å². The van der Waals surface area contributed by atoms with Gasteiger partial charge >= 0.3 is 5.97 Å². The second-order valence-corrected chi connectivity index (χ2v) is 2.35. The molecule has 1 rings (SSSR count). The molecule has 0 saturated carbocycles. The molecular weight excluding hydrogens is 172 g/mol. The molecule has 0 amide bonds. The van der Waals surface area contributed by atoms with Gasteiger partial charge in [-0.3, -0.25) is 4.79 Å². The summed E-state index contributed by atoms with van der Waals surface area (Å²) in [6.07, 6.45) is 1.35. The normalized spacial score (nSPS) is 9.62. The first kappa shape index (κ1) is 9.31. The molecule has 70 valence electrons. The molecule has 3 N–H and O–H groups in total. The van der Waals surface area contributed by atoms with Gasteiger partial charge < -0.3 is 15.5 Å². The van der Waals surface area contributed by atoms with Gasteiger partial charge in [-0.1, -0.05) is 0 Å². The number of aromatic nitrogens is 1. The Labute approximate surface area is 74.5 Å². The molecule has 0 atom stereocenters. The van der Waals surface area contributed by atoms with Gasteiger partial charge in [0.05, 0.1) is 6.61 Å². The van der Waals surface area contributed by atoms with E-state index in [-0.39, 0.29) is 23.4 Å². The molecule has 1 aromatic rings. The van der Waals surface area contributed by atoms with Gasteiger partial charge in [0.1, 0.15) is 5.69 Å². The van der Waals surface area contributed by atoms with Crippen molar-refractivity contribution in [2.24, 2.45) is 0 Å². The van der Waals surface area contributed by atoms with Crippen molar-refractivity contribution in [2.45, 2.75) is 6.92 Å². The molecule has 0 aliphatic carbocycles. The van der Waals surface area contributed by atoms with Crippen LogP contribution in [0.4, 0.5) is 5.69 Å². The van der Waals surface area contributed by atoms with Crippen LogP contribution in [0.2, 0.25) is 0 Å². The summed E-state index contributed by atoms with van der Waals surface area (Å²) in [4.78, 5) is 24.7. The molecule has 0 unspecified atom stereocenters. The highest BCUT2D eigenvalue weighted by Crippen LogP contribution is 2.02. The minimum absolute atomic E-state index is 0.00866. The standard InChI is InChI=1S/C8H10N2O3/c1-2-13-8(12)7-6(9)5(11)3-4-10-7/h3-4H,2,9H2,1H3,(H,10,11). The largest absolute Gasteiger partial charge is 0.461 e. The molecule has 13 heavy (non-hydrogen) atoms. The van der Waals surface area contributed by atoms with E-state index >= 15 is 0 Å². The van der Waals surface area contributed by atoms with Crippen LogP contribution in [0.5, 0.6) is 0 Å². The molecule has 0 fully saturated rings. The average molecular weight is 182 g/mol. The number of nitrogens with two attached hydrogens (primary N) is 1. The Hall–Kier alpha value is -1.78. The summed E-state index contributed by atoms with van der Waals surface area (Å²) in [5.41, 5.74) is 4.88. The maximum Gasteiger partial charge on any atom is 0.357 e. The number of ether oxygens (including phenoxy) is 1. The summed E-state index contributed by atoms with van der Waals surface area (Å²) in [5.74, 6) is -0.613. The zero-order chi connectivity index (χ0) is 9.84. The van der Waals surface area contributed by atoms with E-state index in [2.05, 4.69) is 9.72 Å². The SMILES string of the molecule is CCOC(=O)c1[nH]ccc(=O)c1N. The highest BCUT2D eigenvalue weighted by molar-refractivity contribution is 5.92. The number of nitrogens with one attached hydrogen (secondary N) is 1. The molecular formula is C8H10N2O3. The Morgan fingerprint density at radius 2 is 2.38 bits per heavy atom. The first-order chi connectivity index (χ1) is 6.16. The van der Waals surface area contributed by atoms with Crippen molar-refractivity contribution in [2.75, 3.05) is 12.3 Å². The van der Waals surface area contributed by atoms with Crippen LogP contribution >= 0.6 is 0 Å². The van der Waals surface area contributed by atoms with Gasteiger partial charge in [0.25, 0.3) is 0 Å². The van der Waals surface area contributed by atoms with E-state index < -0.39 is 5.97 Å². The summed E-state index contributed by atoms with van der Waals surface area (Å²) in [5, 5.41) is 0. The molecule has 1 aromatic heterocycles. The second-order valence-electron chi connectivity index (χ2n) is 2.35. The topological polar surface area (TPSA) is 85.2 Å². The Kier molecular flexibility index (Phi) is 2.69. The summed E-state index contributed by atoms with van der Waals surface area (Å²) in [7, 11) is 0. The van der Waals surface area contributed by atoms with Crippen LogP contribution < -0.4 is 11.2 Å². The first-order valence-electron chi connectivity index (χ1n) is 3.81. The smallest absolute Gasteiger partial charge is 0.357 e. The minimum atomic E-state index is -0.613. The summed E-state index contributed by atoms with van der Waals surface area (Å²) in [6.45, 7) is 1.92. The molecule has 0 spiro atoms. The van der Waals surface area contributed by atoms with Crippen LogP contribution in [0.25, 0.3) is 0 Å². The second kappa shape index (κ2) is 3.75. The van der Waals surface area contributed by atoms with Crippen LogP contribution in [0, 0.1) is 0 Å². The highest BCUT2D eigenvalue weighted by atomic mass is 16.5. The third-order valence-electron chi connectivity index (χ3n) is 1.48. The molecule has 5 heteroatoms. The molecule has 5 nitrogen and oxygen atoms in total. The number of hydrogen-bond donors (Lipinski definition) is 2. The van der Waals surface area contributed by atoms with E-state index in [0.29, 0.717) is 0 Å². The van der Waals surface area contributed by atoms with Crippen molar-refractivity contribution in [1.29, 1.82) is 0 Å². The number of aromatic amines is 1. The van der Waals surface area contributed by atoms with Gasteiger partial charge in [0, 0.05) is 12.3 Å². The maximum absolute atomic E-state index is 11.1. The predicted octanol–water partition coefficient (Wildman–Crippen LogP) is 0.134. The van der Waals surface area contributed by atoms with Crippen molar-refractivity contribution in [3.8, 4) is 0 Å². The lowest BCUT2D eigenvalue weighted by atomic mass is 10.3. The average Bonchev–Trinajstić information content (AvgIpc) is 2.10. The fourth-order valence-corrected chi connectivity index (χ4v) is 0.864. The van der Waals surface area contributed by atoms with Gasteiger partial charge in [-0.25, -0.2) is 4.79 Å². The van der Waals surface area contributed by atoms with Crippen molar-refractivity contribution < 1.29 is 9.53 Å². The van der Waals surface area contributed by atoms with Gasteiger partial charge in [-0.2, -0.15) is 0 Å². The zero-order valence-corrected chi connectivity index (χ0v) is 7.16. The molecule has 0 aliphatic heterocycles. The lowest BCUT2D eigenvalue weighted by molar-refractivity contribution is 0.0521. The first-order valence-corrected chi connectivity index (χ1v) is 3.81. The maximum atomic E-state index is 11.1. The molecule has 1 heterocycles. The van der Waals surface area contributed by atoms with Crippen molar-refractivity contribution in [3.63, 3.8) is 0 Å². The molecule has 0 radical (unpaired) electrons. The Bertz CT molecular complexity index is 370. The lowest BCUT2D eigenvalue weighted by Gasteiger charge is -2.03. The Morgan fingerprint density at radius 3 is 3.00 bits per heavy atom. The minimum Gasteiger partial charge on any atom is -0.461 e.